The van der Waals surface area contributed by atoms with Gasteiger partial charge >= 0.3 is 0 Å². The lowest BCUT2D eigenvalue weighted by Gasteiger charge is -2.32. The van der Waals surface area contributed by atoms with E-state index in [0.717, 1.165) is 19.4 Å². The summed E-state index contributed by atoms with van der Waals surface area (Å²) in [5, 5.41) is 2.69. The topological polar surface area (TPSA) is 70.7 Å². The van der Waals surface area contributed by atoms with Crippen LogP contribution in [0, 0.1) is 5.92 Å². The van der Waals surface area contributed by atoms with E-state index in [-0.39, 0.29) is 17.9 Å². The number of amides is 1. The molecule has 1 rings (SSSR count). The number of rotatable bonds is 2. The molecular weight excluding hydrogens is 204 g/mol. The van der Waals surface area contributed by atoms with Crippen molar-refractivity contribution in [2.75, 3.05) is 20.1 Å². The monoisotopic (exact) mass is 226 g/mol. The van der Waals surface area contributed by atoms with Gasteiger partial charge in [-0.05, 0) is 26.7 Å². The molecule has 0 aliphatic carbocycles. The summed E-state index contributed by atoms with van der Waals surface area (Å²) in [5.74, 6) is 0.699. The van der Waals surface area contributed by atoms with Crippen LogP contribution in [0.2, 0.25) is 0 Å². The molecule has 1 atom stereocenters. The van der Waals surface area contributed by atoms with Crippen molar-refractivity contribution in [1.29, 1.82) is 0 Å². The minimum atomic E-state index is 0.0414. The van der Waals surface area contributed by atoms with Gasteiger partial charge in [0, 0.05) is 26.2 Å². The zero-order chi connectivity index (χ0) is 12.1. The Hall–Kier alpha value is -1.26. The number of guanidine groups is 1. The van der Waals surface area contributed by atoms with Gasteiger partial charge in [-0.3, -0.25) is 9.79 Å². The quantitative estimate of drug-likeness (QED) is 0.521. The van der Waals surface area contributed by atoms with E-state index < -0.39 is 0 Å². The van der Waals surface area contributed by atoms with Crippen molar-refractivity contribution in [2.45, 2.75) is 32.7 Å². The molecule has 1 aliphatic rings. The second kappa shape index (κ2) is 5.72. The molecule has 1 heterocycles. The molecule has 5 nitrogen and oxygen atoms in total. The maximum absolute atomic E-state index is 11.5. The van der Waals surface area contributed by atoms with Crippen LogP contribution in [0.15, 0.2) is 4.99 Å². The second-order valence-electron chi connectivity index (χ2n) is 4.48. The Balaban J connectivity index is 2.60. The largest absolute Gasteiger partial charge is 0.370 e. The molecule has 0 aromatic heterocycles. The standard InChI is InChI=1S/C11H22N4O/c1-8(2)14-11(12)15-6-4-5-9(7-15)10(16)13-3/h8-9H,4-7H2,1-3H3,(H2,12,14)(H,13,16). The fraction of sp³-hybridized carbons (Fsp3) is 0.818. The Bertz CT molecular complexity index is 275. The average molecular weight is 226 g/mol. The van der Waals surface area contributed by atoms with E-state index in [2.05, 4.69) is 10.3 Å². The van der Waals surface area contributed by atoms with Gasteiger partial charge in [-0.15, -0.1) is 0 Å². The fourth-order valence-electron chi connectivity index (χ4n) is 1.95. The highest BCUT2D eigenvalue weighted by atomic mass is 16.1. The van der Waals surface area contributed by atoms with Crippen molar-refractivity contribution >= 4 is 11.9 Å². The number of carbonyl (C=O) groups is 1. The second-order valence-corrected chi connectivity index (χ2v) is 4.48. The summed E-state index contributed by atoms with van der Waals surface area (Å²) in [6.07, 6.45) is 1.93. The smallest absolute Gasteiger partial charge is 0.224 e. The lowest BCUT2D eigenvalue weighted by atomic mass is 9.97. The Labute approximate surface area is 97.1 Å². The van der Waals surface area contributed by atoms with Crippen molar-refractivity contribution in [1.82, 2.24) is 10.2 Å². The van der Waals surface area contributed by atoms with Crippen LogP contribution >= 0.6 is 0 Å². The molecule has 1 unspecified atom stereocenters. The molecule has 16 heavy (non-hydrogen) atoms. The minimum Gasteiger partial charge on any atom is -0.370 e. The Morgan fingerprint density at radius 1 is 1.56 bits per heavy atom. The normalized spacial score (nSPS) is 22.4. The van der Waals surface area contributed by atoms with Gasteiger partial charge < -0.3 is 16.0 Å². The highest BCUT2D eigenvalue weighted by Gasteiger charge is 2.25. The average Bonchev–Trinajstić information content (AvgIpc) is 2.27. The number of nitrogens with two attached hydrogens (primary N) is 1. The zero-order valence-electron chi connectivity index (χ0n) is 10.4. The maximum atomic E-state index is 11.5. The molecule has 1 fully saturated rings. The van der Waals surface area contributed by atoms with Crippen LogP contribution in [0.5, 0.6) is 0 Å². The third-order valence-corrected chi connectivity index (χ3v) is 2.75. The van der Waals surface area contributed by atoms with Gasteiger partial charge in [0.25, 0.3) is 0 Å². The molecule has 0 aromatic carbocycles. The van der Waals surface area contributed by atoms with Crippen LogP contribution in [-0.4, -0.2) is 42.9 Å². The predicted molar refractivity (Wildman–Crippen MR) is 65.1 cm³/mol. The lowest BCUT2D eigenvalue weighted by molar-refractivity contribution is -0.125. The van der Waals surface area contributed by atoms with Gasteiger partial charge in [-0.1, -0.05) is 0 Å². The molecule has 0 saturated carbocycles. The SMILES string of the molecule is CNC(=O)C1CCCN(C(N)=NC(C)C)C1. The van der Waals surface area contributed by atoms with Crippen LogP contribution in [0.25, 0.3) is 0 Å². The molecule has 0 aromatic rings. The molecule has 1 aliphatic heterocycles. The van der Waals surface area contributed by atoms with Gasteiger partial charge in [0.15, 0.2) is 5.96 Å². The Kier molecular flexibility index (Phi) is 4.58. The summed E-state index contributed by atoms with van der Waals surface area (Å²) in [6, 6.07) is 0.195. The molecule has 0 spiro atoms. The number of carbonyl (C=O) groups excluding carboxylic acids is 1. The number of nitrogens with zero attached hydrogens (tertiary/aromatic N) is 2. The van der Waals surface area contributed by atoms with Crippen molar-refractivity contribution in [2.24, 2.45) is 16.6 Å². The summed E-state index contributed by atoms with van der Waals surface area (Å²) >= 11 is 0. The fourth-order valence-corrected chi connectivity index (χ4v) is 1.95. The molecular formula is C11H22N4O. The third kappa shape index (κ3) is 3.40. The molecule has 0 bridgehead atoms. The number of hydrogen-bond donors (Lipinski definition) is 2. The van der Waals surface area contributed by atoms with Crippen LogP contribution < -0.4 is 11.1 Å². The van der Waals surface area contributed by atoms with Crippen molar-refractivity contribution in [3.05, 3.63) is 0 Å². The van der Waals surface area contributed by atoms with Gasteiger partial charge in [-0.2, -0.15) is 0 Å². The van der Waals surface area contributed by atoms with Crippen LogP contribution in [0.1, 0.15) is 26.7 Å². The highest BCUT2D eigenvalue weighted by molar-refractivity contribution is 5.82. The zero-order valence-corrected chi connectivity index (χ0v) is 10.4. The number of piperidine rings is 1. The van der Waals surface area contributed by atoms with E-state index in [1.807, 2.05) is 18.7 Å². The molecule has 1 amide bonds. The van der Waals surface area contributed by atoms with E-state index in [4.69, 9.17) is 5.73 Å². The summed E-state index contributed by atoms with van der Waals surface area (Å²) in [7, 11) is 1.67. The number of aliphatic imine (C=N–C) groups is 1. The minimum absolute atomic E-state index is 0.0414. The molecule has 0 radical (unpaired) electrons. The van der Waals surface area contributed by atoms with E-state index in [0.29, 0.717) is 12.5 Å². The van der Waals surface area contributed by atoms with Crippen molar-refractivity contribution in [3.8, 4) is 0 Å². The van der Waals surface area contributed by atoms with Crippen LogP contribution in [0.4, 0.5) is 0 Å². The van der Waals surface area contributed by atoms with Gasteiger partial charge in [-0.25, -0.2) is 0 Å². The summed E-state index contributed by atoms with van der Waals surface area (Å²) < 4.78 is 0. The van der Waals surface area contributed by atoms with E-state index in [9.17, 15) is 4.79 Å². The summed E-state index contributed by atoms with van der Waals surface area (Å²) in [5.41, 5.74) is 5.90. The molecule has 5 heteroatoms. The highest BCUT2D eigenvalue weighted by Crippen LogP contribution is 2.16. The summed E-state index contributed by atoms with van der Waals surface area (Å²) in [4.78, 5) is 17.9. The Morgan fingerprint density at radius 3 is 2.81 bits per heavy atom. The van der Waals surface area contributed by atoms with Gasteiger partial charge in [0.2, 0.25) is 5.91 Å². The van der Waals surface area contributed by atoms with Gasteiger partial charge in [0.1, 0.15) is 0 Å². The van der Waals surface area contributed by atoms with Gasteiger partial charge in [0.05, 0.1) is 5.92 Å². The van der Waals surface area contributed by atoms with E-state index in [1.54, 1.807) is 7.05 Å². The van der Waals surface area contributed by atoms with E-state index >= 15 is 0 Å². The number of nitrogens with one attached hydrogen (secondary N) is 1. The molecule has 3 N–H and O–H groups in total. The Morgan fingerprint density at radius 2 is 2.25 bits per heavy atom. The molecule has 1 saturated heterocycles. The first-order chi connectivity index (χ1) is 7.54. The van der Waals surface area contributed by atoms with Crippen LogP contribution in [-0.2, 0) is 4.79 Å². The van der Waals surface area contributed by atoms with Crippen molar-refractivity contribution < 1.29 is 4.79 Å². The first-order valence-corrected chi connectivity index (χ1v) is 5.84. The lowest BCUT2D eigenvalue weighted by Crippen LogP contribution is -2.47. The first kappa shape index (κ1) is 12.8. The van der Waals surface area contributed by atoms with Crippen molar-refractivity contribution in [3.63, 3.8) is 0 Å². The number of hydrogen-bond acceptors (Lipinski definition) is 2. The third-order valence-electron chi connectivity index (χ3n) is 2.75. The first-order valence-electron chi connectivity index (χ1n) is 5.84. The predicted octanol–water partition coefficient (Wildman–Crippen LogP) is 0.168. The van der Waals surface area contributed by atoms with Crippen LogP contribution in [0.3, 0.4) is 0 Å². The van der Waals surface area contributed by atoms with E-state index in [1.165, 1.54) is 0 Å². The molecule has 92 valence electrons. The maximum Gasteiger partial charge on any atom is 0.224 e. The number of likely N-dealkylation sites (tertiary alicyclic amines) is 1. The summed E-state index contributed by atoms with van der Waals surface area (Å²) in [6.45, 7) is 5.57.